The molecule has 0 saturated carbocycles. The zero-order chi connectivity index (χ0) is 26.8. The average Bonchev–Trinajstić information content (AvgIpc) is 3.27. The number of rotatable bonds is 8. The second-order valence-corrected chi connectivity index (χ2v) is 9.19. The van der Waals surface area contributed by atoms with Crippen LogP contribution in [0.1, 0.15) is 22.4 Å². The van der Waals surface area contributed by atoms with Gasteiger partial charge in [0, 0.05) is 35.5 Å². The Balaban J connectivity index is 1.61. The zero-order valence-electron chi connectivity index (χ0n) is 19.2. The van der Waals surface area contributed by atoms with Crippen molar-refractivity contribution in [2.75, 3.05) is 13.6 Å². The second-order valence-electron chi connectivity index (χ2n) is 8.14. The van der Waals surface area contributed by atoms with E-state index < -0.39 is 46.8 Å². The van der Waals surface area contributed by atoms with Gasteiger partial charge < -0.3 is 5.11 Å². The predicted octanol–water partition coefficient (Wildman–Crippen LogP) is 4.25. The number of thioether (sulfide) groups is 1. The number of halogens is 5. The van der Waals surface area contributed by atoms with Crippen LogP contribution in [0.3, 0.4) is 0 Å². The first kappa shape index (κ1) is 26.3. The Hall–Kier alpha value is -3.73. The molecule has 0 bridgehead atoms. The lowest BCUT2D eigenvalue weighted by atomic mass is 9.84. The first-order valence-corrected chi connectivity index (χ1v) is 11.7. The molecule has 37 heavy (non-hydrogen) atoms. The predicted molar refractivity (Wildman–Crippen MR) is 125 cm³/mol. The number of β-amino-alcohol motifs (C(OH)–C–C–N with tert-alkyl or cyclic N) is 1. The van der Waals surface area contributed by atoms with Crippen LogP contribution in [0.25, 0.3) is 0 Å². The largest absolute Gasteiger partial charge is 0.377 e. The van der Waals surface area contributed by atoms with Gasteiger partial charge in [0.1, 0.15) is 29.5 Å². The van der Waals surface area contributed by atoms with E-state index in [0.29, 0.717) is 16.5 Å². The summed E-state index contributed by atoms with van der Waals surface area (Å²) in [5.74, 6) is -6.95. The van der Waals surface area contributed by atoms with E-state index in [4.69, 9.17) is 5.26 Å². The van der Waals surface area contributed by atoms with Crippen molar-refractivity contribution in [2.24, 2.45) is 5.10 Å². The van der Waals surface area contributed by atoms with Crippen LogP contribution in [-0.2, 0) is 17.3 Å². The molecule has 0 radical (unpaired) electrons. The molecule has 2 N–H and O–H groups in total. The molecule has 0 amide bonds. The molecule has 1 aliphatic heterocycles. The van der Waals surface area contributed by atoms with Gasteiger partial charge in [0.25, 0.3) is 0 Å². The van der Waals surface area contributed by atoms with Crippen molar-refractivity contribution in [1.29, 1.82) is 5.26 Å². The summed E-state index contributed by atoms with van der Waals surface area (Å²) in [6.07, 6.45) is 2.37. The van der Waals surface area contributed by atoms with Crippen LogP contribution in [0.2, 0.25) is 0 Å². The number of hydrogen-bond acceptors (Lipinski definition) is 8. The third-order valence-corrected chi connectivity index (χ3v) is 6.58. The lowest BCUT2D eigenvalue weighted by molar-refractivity contribution is -0.212. The van der Waals surface area contributed by atoms with E-state index in [-0.39, 0.29) is 11.3 Å². The van der Waals surface area contributed by atoms with Gasteiger partial charge >= 0.3 is 5.92 Å². The Morgan fingerprint density at radius 1 is 1.08 bits per heavy atom. The van der Waals surface area contributed by atoms with Gasteiger partial charge in [-0.05, 0) is 42.0 Å². The molecule has 2 heterocycles. The summed E-state index contributed by atoms with van der Waals surface area (Å²) < 4.78 is 74.0. The number of aliphatic hydroxyl groups is 1. The minimum absolute atomic E-state index is 0.145. The summed E-state index contributed by atoms with van der Waals surface area (Å²) in [5.41, 5.74) is -1.88. The molecule has 1 aliphatic rings. The molecule has 0 saturated heterocycles. The van der Waals surface area contributed by atoms with Gasteiger partial charge in [0.05, 0.1) is 18.2 Å². The van der Waals surface area contributed by atoms with Crippen molar-refractivity contribution in [3.05, 3.63) is 94.6 Å². The van der Waals surface area contributed by atoms with Crippen LogP contribution >= 0.6 is 11.8 Å². The molecule has 192 valence electrons. The maximum absolute atomic E-state index is 15.9. The molecule has 2 aromatic carbocycles. The smallest absolute Gasteiger partial charge is 0.323 e. The monoisotopic (exact) mass is 534 g/mol. The highest BCUT2D eigenvalue weighted by molar-refractivity contribution is 7.98. The number of hydrazone groups is 1. The number of benzene rings is 2. The Morgan fingerprint density at radius 3 is 2.46 bits per heavy atom. The number of pyridine rings is 1. The topological polar surface area (TPSA) is 87.8 Å². The van der Waals surface area contributed by atoms with Crippen LogP contribution in [0.4, 0.5) is 22.0 Å². The maximum Gasteiger partial charge on any atom is 0.323 e. The lowest BCUT2D eigenvalue weighted by Gasteiger charge is -2.38. The van der Waals surface area contributed by atoms with Crippen LogP contribution in [0.15, 0.2) is 64.7 Å². The number of nitrogens with one attached hydrogen (secondary N) is 1. The van der Waals surface area contributed by atoms with Gasteiger partial charge in [0.2, 0.25) is 0 Å². The van der Waals surface area contributed by atoms with E-state index in [9.17, 15) is 18.3 Å². The standard InChI is InChI=1S/C24H19F5N6OS/c1-34-14-32-35(33-34)13-23(36,19-6-4-17(25)9-21(19)27)24(28,29)22-7-5-18(11-31-22)37-12-16-3-2-15(10-30)8-20(16)26/h2-9,11,14,33,36H,12-13H2,1H3. The first-order chi connectivity index (χ1) is 17.5. The van der Waals surface area contributed by atoms with Gasteiger partial charge in [-0.1, -0.05) is 6.07 Å². The fourth-order valence-electron chi connectivity index (χ4n) is 3.60. The average molecular weight is 535 g/mol. The SMILES string of the molecule is CN1C=NN(CC(O)(c2ccc(F)cc2F)C(F)(F)c2ccc(SCc3ccc(C#N)cc3F)cn2)N1. The Kier molecular flexibility index (Phi) is 7.35. The van der Waals surface area contributed by atoms with Crippen molar-refractivity contribution >= 4 is 18.1 Å². The Morgan fingerprint density at radius 2 is 1.86 bits per heavy atom. The van der Waals surface area contributed by atoms with Crippen molar-refractivity contribution in [2.45, 2.75) is 22.2 Å². The van der Waals surface area contributed by atoms with Crippen LogP contribution in [0.5, 0.6) is 0 Å². The van der Waals surface area contributed by atoms with E-state index in [2.05, 4.69) is 15.6 Å². The summed E-state index contributed by atoms with van der Waals surface area (Å²) in [7, 11) is 1.53. The van der Waals surface area contributed by atoms with Gasteiger partial charge in [-0.25, -0.2) is 18.3 Å². The van der Waals surface area contributed by atoms with Crippen molar-refractivity contribution < 1.29 is 27.1 Å². The van der Waals surface area contributed by atoms with Crippen LogP contribution in [-0.4, -0.2) is 40.1 Å². The number of hydrazine groups is 2. The Labute approximate surface area is 212 Å². The van der Waals surface area contributed by atoms with Crippen molar-refractivity contribution in [3.63, 3.8) is 0 Å². The molecule has 13 heteroatoms. The van der Waals surface area contributed by atoms with Crippen molar-refractivity contribution in [1.82, 2.24) is 20.6 Å². The third-order valence-electron chi connectivity index (χ3n) is 5.55. The van der Waals surface area contributed by atoms with E-state index >= 15 is 8.78 Å². The van der Waals surface area contributed by atoms with Gasteiger partial charge in [-0.15, -0.1) is 22.4 Å². The molecule has 7 nitrogen and oxygen atoms in total. The van der Waals surface area contributed by atoms with Gasteiger partial charge in [0.15, 0.2) is 5.60 Å². The highest BCUT2D eigenvalue weighted by atomic mass is 32.2. The summed E-state index contributed by atoms with van der Waals surface area (Å²) in [4.78, 5) is 4.21. The number of hydrogen-bond donors (Lipinski definition) is 2. The lowest BCUT2D eigenvalue weighted by Crippen LogP contribution is -2.54. The highest BCUT2D eigenvalue weighted by Crippen LogP contribution is 2.46. The maximum atomic E-state index is 15.9. The molecular formula is C24H19F5N6OS. The Bertz CT molecular complexity index is 1370. The summed E-state index contributed by atoms with van der Waals surface area (Å²) in [6, 6.07) is 10.1. The summed E-state index contributed by atoms with van der Waals surface area (Å²) in [5, 5.41) is 26.1. The van der Waals surface area contributed by atoms with Crippen molar-refractivity contribution in [3.8, 4) is 6.07 Å². The normalized spacial score (nSPS) is 15.1. The van der Waals surface area contributed by atoms with E-state index in [1.54, 1.807) is 0 Å². The number of nitriles is 1. The van der Waals surface area contributed by atoms with Crippen LogP contribution < -0.4 is 5.53 Å². The number of aromatic nitrogens is 1. The van der Waals surface area contributed by atoms with Crippen LogP contribution in [0, 0.1) is 28.8 Å². The molecule has 0 fully saturated rings. The fourth-order valence-corrected chi connectivity index (χ4v) is 4.45. The quantitative estimate of drug-likeness (QED) is 0.330. The highest BCUT2D eigenvalue weighted by Gasteiger charge is 2.58. The minimum Gasteiger partial charge on any atom is -0.377 e. The molecule has 1 unspecified atom stereocenters. The van der Waals surface area contributed by atoms with E-state index in [1.165, 1.54) is 36.6 Å². The molecule has 1 aromatic heterocycles. The molecule has 1 atom stereocenters. The first-order valence-electron chi connectivity index (χ1n) is 10.7. The van der Waals surface area contributed by atoms with Gasteiger partial charge in [-0.3, -0.25) is 9.99 Å². The number of nitrogens with zero attached hydrogens (tertiary/aromatic N) is 5. The minimum atomic E-state index is -4.16. The van der Waals surface area contributed by atoms with E-state index in [1.807, 2.05) is 6.07 Å². The molecule has 0 aliphatic carbocycles. The van der Waals surface area contributed by atoms with Gasteiger partial charge in [-0.2, -0.15) is 14.0 Å². The third kappa shape index (κ3) is 5.36. The molecular weight excluding hydrogens is 515 g/mol. The molecule has 3 aromatic rings. The molecule has 4 rings (SSSR count). The summed E-state index contributed by atoms with van der Waals surface area (Å²) >= 11 is 1.12. The van der Waals surface area contributed by atoms with E-state index in [0.717, 1.165) is 47.3 Å². The summed E-state index contributed by atoms with van der Waals surface area (Å²) in [6.45, 7) is -0.917. The fraction of sp³-hybridized carbons (Fsp3) is 0.208. The molecule has 0 spiro atoms. The zero-order valence-corrected chi connectivity index (χ0v) is 20.0. The number of alkyl halides is 2. The second kappa shape index (κ2) is 10.3.